The Balaban J connectivity index is 1.69. The molecular formula is C19H14N2O7. The van der Waals surface area contributed by atoms with Gasteiger partial charge in [-0.15, -0.1) is 0 Å². The minimum atomic E-state index is -1.34. The number of fused-ring (bicyclic) bond motifs is 1. The second-order valence-electron chi connectivity index (χ2n) is 6.02. The number of hydrogen-bond donors (Lipinski definition) is 3. The Morgan fingerprint density at radius 2 is 1.36 bits per heavy atom. The number of amides is 3. The third kappa shape index (κ3) is 3.58. The first-order valence-electron chi connectivity index (χ1n) is 8.14. The van der Waals surface area contributed by atoms with Crippen LogP contribution in [-0.4, -0.2) is 51.3 Å². The lowest BCUT2D eigenvalue weighted by Crippen LogP contribution is -2.32. The van der Waals surface area contributed by atoms with Crippen molar-refractivity contribution in [3.05, 3.63) is 64.7 Å². The summed E-state index contributed by atoms with van der Waals surface area (Å²) in [6.45, 7) is -0.164. The molecule has 0 saturated heterocycles. The average Bonchev–Trinajstić information content (AvgIpc) is 2.90. The van der Waals surface area contributed by atoms with Crippen molar-refractivity contribution >= 4 is 35.3 Å². The van der Waals surface area contributed by atoms with Crippen molar-refractivity contribution in [2.45, 2.75) is 6.42 Å². The largest absolute Gasteiger partial charge is 0.478 e. The van der Waals surface area contributed by atoms with E-state index in [9.17, 15) is 24.0 Å². The van der Waals surface area contributed by atoms with Crippen LogP contribution < -0.4 is 5.32 Å². The van der Waals surface area contributed by atoms with Gasteiger partial charge in [0.1, 0.15) is 0 Å². The zero-order chi connectivity index (χ0) is 20.4. The van der Waals surface area contributed by atoms with Crippen molar-refractivity contribution in [1.82, 2.24) is 4.90 Å². The monoisotopic (exact) mass is 382 g/mol. The van der Waals surface area contributed by atoms with E-state index >= 15 is 0 Å². The first kappa shape index (κ1) is 18.8. The summed E-state index contributed by atoms with van der Waals surface area (Å²) in [4.78, 5) is 59.9. The number of carboxylic acids is 2. The predicted octanol–water partition coefficient (Wildman–Crippen LogP) is 1.71. The van der Waals surface area contributed by atoms with Gasteiger partial charge in [0, 0.05) is 18.7 Å². The predicted molar refractivity (Wildman–Crippen MR) is 95.4 cm³/mol. The van der Waals surface area contributed by atoms with E-state index in [4.69, 9.17) is 10.2 Å². The number of benzene rings is 2. The number of anilines is 1. The van der Waals surface area contributed by atoms with E-state index in [2.05, 4.69) is 5.32 Å². The molecule has 142 valence electrons. The van der Waals surface area contributed by atoms with Crippen LogP contribution in [0.25, 0.3) is 0 Å². The van der Waals surface area contributed by atoms with Crippen LogP contribution in [0.5, 0.6) is 0 Å². The first-order valence-corrected chi connectivity index (χ1v) is 8.14. The number of rotatable bonds is 6. The van der Waals surface area contributed by atoms with Crippen LogP contribution in [0.2, 0.25) is 0 Å². The highest BCUT2D eigenvalue weighted by molar-refractivity contribution is 6.21. The van der Waals surface area contributed by atoms with Crippen molar-refractivity contribution in [1.29, 1.82) is 0 Å². The topological polar surface area (TPSA) is 141 Å². The second kappa shape index (κ2) is 7.31. The summed E-state index contributed by atoms with van der Waals surface area (Å²) in [7, 11) is 0. The van der Waals surface area contributed by atoms with E-state index in [1.807, 2.05) is 0 Å². The van der Waals surface area contributed by atoms with Gasteiger partial charge in [-0.1, -0.05) is 12.1 Å². The molecule has 2 aromatic rings. The van der Waals surface area contributed by atoms with Gasteiger partial charge in [0.15, 0.2) is 0 Å². The van der Waals surface area contributed by atoms with E-state index in [1.165, 1.54) is 12.1 Å². The number of carbonyl (C=O) groups is 5. The summed E-state index contributed by atoms with van der Waals surface area (Å²) in [5.74, 6) is -4.27. The van der Waals surface area contributed by atoms with Gasteiger partial charge in [-0.2, -0.15) is 0 Å². The van der Waals surface area contributed by atoms with Crippen LogP contribution in [0, 0.1) is 0 Å². The van der Waals surface area contributed by atoms with Crippen LogP contribution in [0.1, 0.15) is 47.9 Å². The van der Waals surface area contributed by atoms with Gasteiger partial charge >= 0.3 is 11.9 Å². The zero-order valence-electron chi connectivity index (χ0n) is 14.3. The number of hydrogen-bond acceptors (Lipinski definition) is 5. The molecule has 3 N–H and O–H groups in total. The van der Waals surface area contributed by atoms with Crippen molar-refractivity contribution in [2.75, 3.05) is 11.9 Å². The highest BCUT2D eigenvalue weighted by Gasteiger charge is 2.34. The van der Waals surface area contributed by atoms with Crippen LogP contribution in [0.15, 0.2) is 42.5 Å². The molecule has 0 bridgehead atoms. The van der Waals surface area contributed by atoms with Crippen LogP contribution in [-0.2, 0) is 4.79 Å². The van der Waals surface area contributed by atoms with Crippen molar-refractivity contribution in [3.8, 4) is 0 Å². The molecule has 0 unspecified atom stereocenters. The summed E-state index contributed by atoms with van der Waals surface area (Å²) >= 11 is 0. The molecule has 0 spiro atoms. The third-order valence-electron chi connectivity index (χ3n) is 4.15. The highest BCUT2D eigenvalue weighted by atomic mass is 16.4. The molecule has 0 aliphatic carbocycles. The lowest BCUT2D eigenvalue weighted by Gasteiger charge is -2.14. The Morgan fingerprint density at radius 1 is 0.857 bits per heavy atom. The van der Waals surface area contributed by atoms with Crippen molar-refractivity contribution in [3.63, 3.8) is 0 Å². The minimum absolute atomic E-state index is 0.00957. The van der Waals surface area contributed by atoms with Gasteiger partial charge in [0.25, 0.3) is 11.8 Å². The van der Waals surface area contributed by atoms with Gasteiger partial charge < -0.3 is 15.5 Å². The van der Waals surface area contributed by atoms with E-state index < -0.39 is 29.7 Å². The standard InChI is InChI=1S/C19H14N2O7/c22-15(20-12-8-10(18(25)26)7-11(9-12)19(27)28)5-6-21-16(23)13-3-1-2-4-14(13)17(21)24/h1-4,7-9H,5-6H2,(H,20,22)(H,25,26)(H,27,28). The first-order chi connectivity index (χ1) is 13.3. The Bertz CT molecular complexity index is 961. The number of nitrogens with one attached hydrogen (secondary N) is 1. The fourth-order valence-electron chi connectivity index (χ4n) is 2.83. The fourth-order valence-corrected chi connectivity index (χ4v) is 2.83. The van der Waals surface area contributed by atoms with Gasteiger partial charge in [0.2, 0.25) is 5.91 Å². The van der Waals surface area contributed by atoms with Crippen LogP contribution >= 0.6 is 0 Å². The number of imide groups is 1. The van der Waals surface area contributed by atoms with Crippen LogP contribution in [0.4, 0.5) is 5.69 Å². The average molecular weight is 382 g/mol. The van der Waals surface area contributed by atoms with E-state index in [1.54, 1.807) is 12.1 Å². The molecule has 1 aliphatic rings. The lowest BCUT2D eigenvalue weighted by molar-refractivity contribution is -0.116. The maximum atomic E-state index is 12.3. The molecule has 9 nitrogen and oxygen atoms in total. The Kier molecular flexibility index (Phi) is 4.90. The fraction of sp³-hybridized carbons (Fsp3) is 0.105. The summed E-state index contributed by atoms with van der Waals surface area (Å²) in [6, 6.07) is 9.54. The molecule has 28 heavy (non-hydrogen) atoms. The summed E-state index contributed by atoms with van der Waals surface area (Å²) in [5.41, 5.74) is -0.0582. The molecule has 0 saturated carbocycles. The summed E-state index contributed by atoms with van der Waals surface area (Å²) in [6.07, 6.45) is -0.231. The van der Waals surface area contributed by atoms with Gasteiger partial charge in [0.05, 0.1) is 22.3 Å². The summed E-state index contributed by atoms with van der Waals surface area (Å²) in [5, 5.41) is 20.5. The third-order valence-corrected chi connectivity index (χ3v) is 4.15. The molecule has 9 heteroatoms. The maximum absolute atomic E-state index is 12.3. The smallest absolute Gasteiger partial charge is 0.335 e. The quantitative estimate of drug-likeness (QED) is 0.646. The summed E-state index contributed by atoms with van der Waals surface area (Å²) < 4.78 is 0. The zero-order valence-corrected chi connectivity index (χ0v) is 14.3. The number of aromatic carboxylic acids is 2. The van der Waals surface area contributed by atoms with Crippen molar-refractivity contribution < 1.29 is 34.2 Å². The molecule has 1 aliphatic heterocycles. The normalized spacial score (nSPS) is 12.6. The van der Waals surface area contributed by atoms with Gasteiger partial charge in [-0.05, 0) is 30.3 Å². The molecule has 0 fully saturated rings. The molecule has 0 aromatic heterocycles. The Morgan fingerprint density at radius 3 is 1.82 bits per heavy atom. The Labute approximate surface area is 158 Å². The number of nitrogens with zero attached hydrogens (tertiary/aromatic N) is 1. The lowest BCUT2D eigenvalue weighted by atomic mass is 10.1. The second-order valence-corrected chi connectivity index (χ2v) is 6.02. The molecular weight excluding hydrogens is 368 g/mol. The minimum Gasteiger partial charge on any atom is -0.478 e. The van der Waals surface area contributed by atoms with Gasteiger partial charge in [-0.25, -0.2) is 9.59 Å². The molecule has 0 atom stereocenters. The van der Waals surface area contributed by atoms with Crippen LogP contribution in [0.3, 0.4) is 0 Å². The number of carbonyl (C=O) groups excluding carboxylic acids is 3. The molecule has 2 aromatic carbocycles. The van der Waals surface area contributed by atoms with E-state index in [0.717, 1.165) is 23.1 Å². The molecule has 0 radical (unpaired) electrons. The van der Waals surface area contributed by atoms with Gasteiger partial charge in [-0.3, -0.25) is 19.3 Å². The number of carboxylic acid groups (broad SMARTS) is 2. The van der Waals surface area contributed by atoms with Crippen molar-refractivity contribution in [2.24, 2.45) is 0 Å². The molecule has 1 heterocycles. The molecule has 3 rings (SSSR count). The Hall–Kier alpha value is -4.01. The SMILES string of the molecule is O=C(CCN1C(=O)c2ccccc2C1=O)Nc1cc(C(=O)O)cc(C(=O)O)c1. The maximum Gasteiger partial charge on any atom is 0.335 e. The van der Waals surface area contributed by atoms with E-state index in [-0.39, 0.29) is 40.9 Å². The van der Waals surface area contributed by atoms with E-state index in [0.29, 0.717) is 0 Å². The molecule has 3 amide bonds. The highest BCUT2D eigenvalue weighted by Crippen LogP contribution is 2.22.